The second-order valence-corrected chi connectivity index (χ2v) is 9.52. The predicted molar refractivity (Wildman–Crippen MR) is 107 cm³/mol. The number of aliphatic carboxylic acids is 1. The average Bonchev–Trinajstić information content (AvgIpc) is 2.60. The van der Waals surface area contributed by atoms with Gasteiger partial charge in [0, 0.05) is 12.8 Å². The Kier molecular flexibility index (Phi) is 14.5. The normalized spacial score (nSPS) is 14.5. The molecule has 0 aliphatic carbocycles. The topological polar surface area (TPSA) is 91.7 Å². The fourth-order valence-electron chi connectivity index (χ4n) is 2.81. The molecule has 2 N–H and O–H groups in total. The summed E-state index contributed by atoms with van der Waals surface area (Å²) < 4.78 is 36.2. The summed E-state index contributed by atoms with van der Waals surface area (Å²) in [4.78, 5) is 10.9. The minimum Gasteiger partial charge on any atom is -0.479 e. The molecule has 0 radical (unpaired) electrons. The number of unbranched alkanes of at least 4 members (excludes halogenated alkanes) is 8. The first-order valence-electron chi connectivity index (χ1n) is 10.1. The van der Waals surface area contributed by atoms with Crippen molar-refractivity contribution in [2.45, 2.75) is 89.6 Å². The number of carboxylic acid groups (broad SMARTS) is 1. The number of hydrogen-bond donors (Lipinski definition) is 2. The molecule has 0 bridgehead atoms. The molecule has 27 heavy (non-hydrogen) atoms. The lowest BCUT2D eigenvalue weighted by Crippen LogP contribution is -2.38. The summed E-state index contributed by atoms with van der Waals surface area (Å²) in [5.74, 6) is -0.854. The third kappa shape index (κ3) is 13.8. The molecule has 0 aromatic carbocycles. The van der Waals surface area contributed by atoms with Crippen molar-refractivity contribution in [1.29, 1.82) is 0 Å². The molecule has 0 heterocycles. The highest BCUT2D eigenvalue weighted by atomic mass is 32.2. The van der Waals surface area contributed by atoms with Crippen LogP contribution in [0.25, 0.3) is 0 Å². The van der Waals surface area contributed by atoms with Gasteiger partial charge < -0.3 is 10.2 Å². The number of hydrogen-bond acceptors (Lipinski definition) is 4. The van der Waals surface area contributed by atoms with Gasteiger partial charge in [-0.3, -0.25) is 4.39 Å². The lowest BCUT2D eigenvalue weighted by molar-refractivity contribution is -0.159. The molecule has 0 amide bonds. The highest BCUT2D eigenvalue weighted by Crippen LogP contribution is 2.17. The van der Waals surface area contributed by atoms with Crippen molar-refractivity contribution in [2.75, 3.05) is 18.2 Å². The van der Waals surface area contributed by atoms with E-state index in [4.69, 9.17) is 5.11 Å². The van der Waals surface area contributed by atoms with Crippen molar-refractivity contribution < 1.29 is 27.8 Å². The Balaban J connectivity index is 3.77. The van der Waals surface area contributed by atoms with Gasteiger partial charge in [0.25, 0.3) is 0 Å². The number of aliphatic hydroxyl groups is 1. The SMILES string of the molecule is CCCCCCCS(=O)(=O)CCCCCC/C=C/C[C@@](O)(CCF)C(=O)O. The zero-order chi connectivity index (χ0) is 20.6. The van der Waals surface area contributed by atoms with E-state index < -0.39 is 34.5 Å². The van der Waals surface area contributed by atoms with Gasteiger partial charge in [-0.2, -0.15) is 0 Å². The van der Waals surface area contributed by atoms with E-state index in [9.17, 15) is 22.7 Å². The summed E-state index contributed by atoms with van der Waals surface area (Å²) in [5.41, 5.74) is -2.03. The molecule has 0 aromatic rings. The molecule has 0 spiro atoms. The summed E-state index contributed by atoms with van der Waals surface area (Å²) in [6, 6.07) is 0. The van der Waals surface area contributed by atoms with E-state index in [-0.39, 0.29) is 12.2 Å². The van der Waals surface area contributed by atoms with E-state index in [1.807, 2.05) is 0 Å². The van der Waals surface area contributed by atoms with Crippen molar-refractivity contribution >= 4 is 15.8 Å². The van der Waals surface area contributed by atoms with Gasteiger partial charge in [0.2, 0.25) is 0 Å². The highest BCUT2D eigenvalue weighted by Gasteiger charge is 2.34. The number of alkyl halides is 1. The van der Waals surface area contributed by atoms with Crippen LogP contribution in [-0.2, 0) is 14.6 Å². The molecular formula is C20H37FO5S. The molecule has 5 nitrogen and oxygen atoms in total. The predicted octanol–water partition coefficient (Wildman–Crippen LogP) is 4.44. The quantitative estimate of drug-likeness (QED) is 0.258. The Hall–Kier alpha value is -0.950. The smallest absolute Gasteiger partial charge is 0.336 e. The molecule has 0 saturated carbocycles. The van der Waals surface area contributed by atoms with E-state index >= 15 is 0 Å². The maximum Gasteiger partial charge on any atom is 0.336 e. The standard InChI is InChI=1S/C20H37FO5S/c1-2-3-4-9-12-17-27(25,26)18-13-10-7-5-6-8-11-14-20(24,15-16-21)19(22)23/h8,11,24H,2-7,9-10,12-18H2,1H3,(H,22,23)/b11-8+/t20-/m1/s1. The maximum absolute atomic E-state index is 12.3. The van der Waals surface area contributed by atoms with Crippen LogP contribution in [0, 0.1) is 0 Å². The summed E-state index contributed by atoms with van der Waals surface area (Å²) in [5, 5.41) is 18.7. The van der Waals surface area contributed by atoms with Crippen LogP contribution < -0.4 is 0 Å². The fraction of sp³-hybridized carbons (Fsp3) is 0.850. The van der Waals surface area contributed by atoms with E-state index in [1.54, 1.807) is 12.2 Å². The van der Waals surface area contributed by atoms with Crippen LogP contribution in [0.15, 0.2) is 12.2 Å². The van der Waals surface area contributed by atoms with Crippen molar-refractivity contribution in [1.82, 2.24) is 0 Å². The Bertz CT molecular complexity index is 518. The lowest BCUT2D eigenvalue weighted by atomic mass is 9.96. The van der Waals surface area contributed by atoms with Crippen molar-refractivity contribution in [3.63, 3.8) is 0 Å². The molecule has 0 rings (SSSR count). The zero-order valence-corrected chi connectivity index (χ0v) is 17.5. The molecule has 0 aliphatic heterocycles. The number of rotatable bonds is 18. The Morgan fingerprint density at radius 3 is 2.04 bits per heavy atom. The van der Waals surface area contributed by atoms with E-state index in [0.29, 0.717) is 12.2 Å². The van der Waals surface area contributed by atoms with Crippen LogP contribution in [0.3, 0.4) is 0 Å². The Morgan fingerprint density at radius 1 is 0.963 bits per heavy atom. The second kappa shape index (κ2) is 15.0. The van der Waals surface area contributed by atoms with Crippen LogP contribution in [-0.4, -0.2) is 48.4 Å². The van der Waals surface area contributed by atoms with Gasteiger partial charge in [-0.25, -0.2) is 13.2 Å². The second-order valence-electron chi connectivity index (χ2n) is 7.22. The molecule has 0 aliphatic rings. The first-order chi connectivity index (χ1) is 12.8. The summed E-state index contributed by atoms with van der Waals surface area (Å²) in [6.07, 6.45) is 12.1. The zero-order valence-electron chi connectivity index (χ0n) is 16.7. The summed E-state index contributed by atoms with van der Waals surface area (Å²) >= 11 is 0. The first kappa shape index (κ1) is 26.1. The lowest BCUT2D eigenvalue weighted by Gasteiger charge is -2.19. The van der Waals surface area contributed by atoms with Gasteiger partial charge in [0.05, 0.1) is 18.2 Å². The van der Waals surface area contributed by atoms with Gasteiger partial charge in [0.1, 0.15) is 9.84 Å². The molecule has 160 valence electrons. The third-order valence-corrected chi connectivity index (χ3v) is 6.48. The largest absolute Gasteiger partial charge is 0.479 e. The molecule has 1 atom stereocenters. The van der Waals surface area contributed by atoms with Crippen molar-refractivity contribution in [3.8, 4) is 0 Å². The van der Waals surface area contributed by atoms with E-state index in [1.165, 1.54) is 6.42 Å². The van der Waals surface area contributed by atoms with Crippen LogP contribution in [0.1, 0.15) is 84.0 Å². The minimum absolute atomic E-state index is 0.108. The summed E-state index contributed by atoms with van der Waals surface area (Å²) in [7, 11) is -2.93. The fourth-order valence-corrected chi connectivity index (χ4v) is 4.31. The average molecular weight is 409 g/mol. The van der Waals surface area contributed by atoms with Gasteiger partial charge in [0.15, 0.2) is 5.60 Å². The minimum atomic E-state index is -2.93. The van der Waals surface area contributed by atoms with Gasteiger partial charge in [-0.15, -0.1) is 0 Å². The highest BCUT2D eigenvalue weighted by molar-refractivity contribution is 7.91. The molecule has 7 heteroatoms. The first-order valence-corrected chi connectivity index (χ1v) is 12.0. The van der Waals surface area contributed by atoms with Crippen LogP contribution >= 0.6 is 0 Å². The van der Waals surface area contributed by atoms with Crippen LogP contribution in [0.2, 0.25) is 0 Å². The van der Waals surface area contributed by atoms with E-state index in [2.05, 4.69) is 6.92 Å². The molecular weight excluding hydrogens is 371 g/mol. The van der Waals surface area contributed by atoms with Crippen LogP contribution in [0.5, 0.6) is 0 Å². The molecule has 0 saturated heterocycles. The molecule has 0 fully saturated rings. The Morgan fingerprint density at radius 2 is 1.52 bits per heavy atom. The summed E-state index contributed by atoms with van der Waals surface area (Å²) in [6.45, 7) is 1.26. The number of allylic oxidation sites excluding steroid dienone is 1. The number of carbonyl (C=O) groups is 1. The van der Waals surface area contributed by atoms with Crippen molar-refractivity contribution in [3.05, 3.63) is 12.2 Å². The number of sulfone groups is 1. The molecule has 0 unspecified atom stereocenters. The number of carboxylic acids is 1. The molecule has 0 aromatic heterocycles. The third-order valence-electron chi connectivity index (χ3n) is 4.66. The number of halogens is 1. The Labute approximate surface area is 164 Å². The van der Waals surface area contributed by atoms with Gasteiger partial charge in [-0.1, -0.05) is 57.6 Å². The van der Waals surface area contributed by atoms with Crippen LogP contribution in [0.4, 0.5) is 4.39 Å². The van der Waals surface area contributed by atoms with Gasteiger partial charge in [-0.05, 0) is 25.7 Å². The maximum atomic E-state index is 12.3. The van der Waals surface area contributed by atoms with Gasteiger partial charge >= 0.3 is 5.97 Å². The monoisotopic (exact) mass is 408 g/mol. The van der Waals surface area contributed by atoms with Crippen molar-refractivity contribution in [2.24, 2.45) is 0 Å². The van der Waals surface area contributed by atoms with E-state index in [0.717, 1.165) is 51.4 Å².